The fraction of sp³-hybridized carbons (Fsp3) is 0.655. The summed E-state index contributed by atoms with van der Waals surface area (Å²) in [7, 11) is 1.30. The van der Waals surface area contributed by atoms with Gasteiger partial charge < -0.3 is 21.1 Å². The number of amides is 3. The molecule has 9 heteroatoms. The second-order valence-corrected chi connectivity index (χ2v) is 11.2. The Bertz CT molecular complexity index is 976. The van der Waals surface area contributed by atoms with Gasteiger partial charge in [-0.15, -0.1) is 0 Å². The molecule has 0 saturated heterocycles. The number of rotatable bonds is 12. The van der Waals surface area contributed by atoms with Gasteiger partial charge in [-0.05, 0) is 50.0 Å². The molecule has 0 bridgehead atoms. The van der Waals surface area contributed by atoms with E-state index in [9.17, 15) is 14.4 Å². The van der Waals surface area contributed by atoms with E-state index >= 15 is 0 Å². The minimum absolute atomic E-state index is 0.0959. The summed E-state index contributed by atoms with van der Waals surface area (Å²) in [4.78, 5) is 44.9. The topological polar surface area (TPSA) is 126 Å². The molecule has 38 heavy (non-hydrogen) atoms. The number of ether oxygens (including phenoxy) is 1. The summed E-state index contributed by atoms with van der Waals surface area (Å²) in [6.07, 6.45) is 7.61. The van der Waals surface area contributed by atoms with Crippen molar-refractivity contribution < 1.29 is 19.1 Å². The van der Waals surface area contributed by atoms with E-state index in [0.29, 0.717) is 38.1 Å². The Morgan fingerprint density at radius 2 is 1.82 bits per heavy atom. The van der Waals surface area contributed by atoms with Crippen molar-refractivity contribution >= 4 is 23.9 Å². The van der Waals surface area contributed by atoms with Gasteiger partial charge in [0.05, 0.1) is 7.11 Å². The molecular weight excluding hydrogens is 482 g/mol. The molecule has 1 saturated carbocycles. The predicted octanol–water partition coefficient (Wildman–Crippen LogP) is 4.06. The zero-order valence-corrected chi connectivity index (χ0v) is 23.4. The van der Waals surface area contributed by atoms with Crippen molar-refractivity contribution in [2.75, 3.05) is 13.7 Å². The molecule has 0 spiro atoms. The van der Waals surface area contributed by atoms with E-state index in [1.54, 1.807) is 4.90 Å². The van der Waals surface area contributed by atoms with Crippen LogP contribution in [0.2, 0.25) is 0 Å². The largest absolute Gasteiger partial charge is 0.453 e. The molecule has 1 aromatic carbocycles. The molecule has 3 amide bonds. The number of methoxy groups -OCH3 is 1. The van der Waals surface area contributed by atoms with E-state index in [4.69, 9.17) is 15.5 Å². The molecule has 9 nitrogen and oxygen atoms in total. The molecule has 0 aromatic heterocycles. The van der Waals surface area contributed by atoms with Crippen LogP contribution in [0.3, 0.4) is 0 Å². The summed E-state index contributed by atoms with van der Waals surface area (Å²) >= 11 is 0. The Morgan fingerprint density at radius 1 is 1.13 bits per heavy atom. The molecule has 3 rings (SSSR count). The second-order valence-electron chi connectivity index (χ2n) is 11.2. The van der Waals surface area contributed by atoms with E-state index in [2.05, 4.69) is 24.5 Å². The first kappa shape index (κ1) is 29.5. The van der Waals surface area contributed by atoms with Crippen LogP contribution in [-0.4, -0.2) is 54.5 Å². The lowest BCUT2D eigenvalue weighted by molar-refractivity contribution is -0.132. The first-order valence-corrected chi connectivity index (χ1v) is 14.0. The van der Waals surface area contributed by atoms with Crippen LogP contribution in [0.25, 0.3) is 0 Å². The van der Waals surface area contributed by atoms with Crippen molar-refractivity contribution in [3.8, 4) is 0 Å². The Kier molecular flexibility index (Phi) is 10.6. The number of carbonyl (C=O) groups excluding carboxylic acids is 3. The quantitative estimate of drug-likeness (QED) is 0.378. The van der Waals surface area contributed by atoms with Crippen LogP contribution in [0.15, 0.2) is 35.3 Å². The van der Waals surface area contributed by atoms with Gasteiger partial charge in [-0.25, -0.2) is 9.79 Å². The summed E-state index contributed by atoms with van der Waals surface area (Å²) in [6.45, 7) is 6.51. The van der Waals surface area contributed by atoms with Crippen LogP contribution in [0, 0.1) is 11.8 Å². The van der Waals surface area contributed by atoms with Crippen molar-refractivity contribution in [1.82, 2.24) is 15.5 Å². The van der Waals surface area contributed by atoms with Gasteiger partial charge in [0, 0.05) is 12.6 Å². The smallest absolute Gasteiger partial charge is 0.407 e. The number of hydrogen-bond acceptors (Lipinski definition) is 6. The van der Waals surface area contributed by atoms with Crippen LogP contribution in [0.4, 0.5) is 4.79 Å². The molecule has 0 radical (unpaired) electrons. The van der Waals surface area contributed by atoms with Gasteiger partial charge in [0.25, 0.3) is 5.91 Å². The minimum Gasteiger partial charge on any atom is -0.453 e. The van der Waals surface area contributed by atoms with E-state index in [1.807, 2.05) is 37.3 Å². The van der Waals surface area contributed by atoms with Crippen LogP contribution in [0.5, 0.6) is 0 Å². The maximum atomic E-state index is 13.6. The van der Waals surface area contributed by atoms with E-state index in [1.165, 1.54) is 13.5 Å². The molecule has 1 heterocycles. The van der Waals surface area contributed by atoms with Gasteiger partial charge in [-0.3, -0.25) is 14.5 Å². The number of nitrogens with two attached hydrogens (primary N) is 1. The highest BCUT2D eigenvalue weighted by Gasteiger charge is 2.49. The van der Waals surface area contributed by atoms with Crippen LogP contribution in [-0.2, 0) is 19.9 Å². The number of benzene rings is 1. The molecule has 1 fully saturated rings. The third kappa shape index (κ3) is 7.48. The van der Waals surface area contributed by atoms with Gasteiger partial charge in [-0.2, -0.15) is 0 Å². The highest BCUT2D eigenvalue weighted by Crippen LogP contribution is 2.38. The number of nitrogens with zero attached hydrogens (tertiary/aromatic N) is 2. The van der Waals surface area contributed by atoms with Crippen LogP contribution in [0.1, 0.15) is 84.1 Å². The molecular formula is C29H45N5O4. The Hall–Kier alpha value is -3.10. The van der Waals surface area contributed by atoms with Crippen molar-refractivity contribution in [3.63, 3.8) is 0 Å². The summed E-state index contributed by atoms with van der Waals surface area (Å²) < 4.78 is 4.75. The average molecular weight is 528 g/mol. The third-order valence-electron chi connectivity index (χ3n) is 7.63. The van der Waals surface area contributed by atoms with Crippen molar-refractivity contribution in [1.29, 1.82) is 0 Å². The summed E-state index contributed by atoms with van der Waals surface area (Å²) in [5.41, 5.74) is 6.14. The first-order valence-electron chi connectivity index (χ1n) is 14.0. The van der Waals surface area contributed by atoms with Gasteiger partial charge in [-0.1, -0.05) is 76.3 Å². The summed E-state index contributed by atoms with van der Waals surface area (Å²) in [5.74, 6) is 0.622. The van der Waals surface area contributed by atoms with Gasteiger partial charge in [0.15, 0.2) is 11.5 Å². The Labute approximate surface area is 227 Å². The predicted molar refractivity (Wildman–Crippen MR) is 148 cm³/mol. The van der Waals surface area contributed by atoms with Crippen molar-refractivity contribution in [2.24, 2.45) is 22.6 Å². The molecule has 1 aliphatic heterocycles. The van der Waals surface area contributed by atoms with Crippen molar-refractivity contribution in [2.45, 2.75) is 96.2 Å². The molecule has 4 N–H and O–H groups in total. The minimum atomic E-state index is -0.995. The second kappa shape index (κ2) is 13.6. The standard InChI is InChI=1S/C29H45N5O4/c1-20(2)19-29(23-15-9-6-10-16-23)26(36)34(27(30)33-29)17-11-12-21(3)31-25(35)24(32-28(37)38-4)18-22-13-7-5-8-14-22/h6,9-10,15-16,20-22,24H,5,7-8,11-14,17-19H2,1-4H3,(H2,30,33)(H,31,35)(H,32,37). The molecule has 2 aliphatic rings. The highest BCUT2D eigenvalue weighted by atomic mass is 16.5. The molecule has 1 aliphatic carbocycles. The highest BCUT2D eigenvalue weighted by molar-refractivity contribution is 6.07. The van der Waals surface area contributed by atoms with Crippen molar-refractivity contribution in [3.05, 3.63) is 35.9 Å². The lowest BCUT2D eigenvalue weighted by Gasteiger charge is -2.28. The number of hydrogen-bond donors (Lipinski definition) is 3. The van der Waals surface area contributed by atoms with Gasteiger partial charge in [0.1, 0.15) is 6.04 Å². The number of aliphatic imine (C=N–C) groups is 1. The number of nitrogens with one attached hydrogen (secondary N) is 2. The number of carbonyl (C=O) groups is 3. The fourth-order valence-corrected chi connectivity index (χ4v) is 5.75. The zero-order valence-electron chi connectivity index (χ0n) is 23.4. The molecule has 210 valence electrons. The summed E-state index contributed by atoms with van der Waals surface area (Å²) in [6, 6.07) is 8.86. The number of guanidine groups is 1. The van der Waals surface area contributed by atoms with E-state index < -0.39 is 17.7 Å². The zero-order chi connectivity index (χ0) is 27.7. The Balaban J connectivity index is 1.56. The van der Waals surface area contributed by atoms with E-state index in [0.717, 1.165) is 31.2 Å². The van der Waals surface area contributed by atoms with Gasteiger partial charge >= 0.3 is 6.09 Å². The third-order valence-corrected chi connectivity index (χ3v) is 7.63. The SMILES string of the molecule is COC(=O)NC(CC1CCCCC1)C(=O)NC(C)CCCN1C(=O)C(CC(C)C)(c2ccccc2)N=C1N. The van der Waals surface area contributed by atoms with E-state index in [-0.39, 0.29) is 29.7 Å². The van der Waals surface area contributed by atoms with Crippen LogP contribution < -0.4 is 16.4 Å². The first-order chi connectivity index (χ1) is 18.2. The Morgan fingerprint density at radius 3 is 2.45 bits per heavy atom. The fourth-order valence-electron chi connectivity index (χ4n) is 5.75. The summed E-state index contributed by atoms with van der Waals surface area (Å²) in [5, 5.41) is 5.75. The molecule has 3 unspecified atom stereocenters. The van der Waals surface area contributed by atoms with Crippen LogP contribution >= 0.6 is 0 Å². The normalized spacial score (nSPS) is 21.7. The molecule has 1 aromatic rings. The lowest BCUT2D eigenvalue weighted by atomic mass is 9.82. The maximum Gasteiger partial charge on any atom is 0.407 e. The van der Waals surface area contributed by atoms with Gasteiger partial charge in [0.2, 0.25) is 5.91 Å². The monoisotopic (exact) mass is 527 g/mol. The number of alkyl carbamates (subject to hydrolysis) is 1. The molecule has 3 atom stereocenters. The maximum absolute atomic E-state index is 13.6. The lowest BCUT2D eigenvalue weighted by Crippen LogP contribution is -2.50. The average Bonchev–Trinajstić information content (AvgIpc) is 3.13.